The van der Waals surface area contributed by atoms with Crippen molar-refractivity contribution in [1.82, 2.24) is 0 Å². The van der Waals surface area contributed by atoms with E-state index in [4.69, 9.17) is 21.4 Å². The van der Waals surface area contributed by atoms with E-state index in [0.717, 1.165) is 0 Å². The van der Waals surface area contributed by atoms with Gasteiger partial charge >= 0.3 is 0 Å². The summed E-state index contributed by atoms with van der Waals surface area (Å²) in [6, 6.07) is 0. The van der Waals surface area contributed by atoms with E-state index in [9.17, 15) is 0 Å². The maximum atomic E-state index is 8.40. The molecule has 0 bridgehead atoms. The summed E-state index contributed by atoms with van der Waals surface area (Å²) in [6.07, 6.45) is 1.64. The largest absolute Gasteiger partial charge is 0.395 e. The molecule has 0 rings (SSSR count). The number of rotatable bonds is 5. The predicted molar refractivity (Wildman–Crippen MR) is 37.7 cm³/mol. The maximum Gasteiger partial charge on any atom is 0.0800 e. The summed E-state index contributed by atoms with van der Waals surface area (Å²) >= 11 is 5.49. The second kappa shape index (κ2) is 6.08. The fourth-order valence-corrected chi connectivity index (χ4v) is 0.421. The summed E-state index contributed by atoms with van der Waals surface area (Å²) in [5, 5.41) is 8.11. The second-order valence-electron chi connectivity index (χ2n) is 1.61. The Morgan fingerprint density at radius 2 is 2.44 bits per heavy atom. The Labute approximate surface area is 60.1 Å². The summed E-state index contributed by atoms with van der Waals surface area (Å²) in [5.41, 5.74) is 0. The normalized spacial score (nSPS) is 13.1. The number of hydrogen-bond donors (Lipinski definition) is 1. The first-order chi connectivity index (χ1) is 4.31. The summed E-state index contributed by atoms with van der Waals surface area (Å²) in [7, 11) is 0. The smallest absolute Gasteiger partial charge is 0.0800 e. The van der Waals surface area contributed by atoms with Crippen LogP contribution in [0.5, 0.6) is 0 Å². The molecule has 0 fully saturated rings. The lowest BCUT2D eigenvalue weighted by molar-refractivity contribution is 0.142. The van der Waals surface area contributed by atoms with E-state index in [1.807, 2.05) is 0 Å². The topological polar surface area (TPSA) is 29.5 Å². The number of aliphatic hydroxyl groups is 1. The molecule has 0 aromatic carbocycles. The molecule has 2 nitrogen and oxygen atoms in total. The van der Waals surface area contributed by atoms with Crippen LogP contribution in [0.25, 0.3) is 0 Å². The average molecular weight is 151 g/mol. The SMILES string of the molecule is C=CCOCC(Cl)CO. The second-order valence-corrected chi connectivity index (χ2v) is 2.22. The highest BCUT2D eigenvalue weighted by atomic mass is 35.5. The molecule has 1 atom stereocenters. The van der Waals surface area contributed by atoms with E-state index in [1.54, 1.807) is 6.08 Å². The summed E-state index contributed by atoms with van der Waals surface area (Å²) in [6.45, 7) is 4.28. The van der Waals surface area contributed by atoms with Gasteiger partial charge in [-0.1, -0.05) is 6.08 Å². The quantitative estimate of drug-likeness (QED) is 0.357. The molecule has 0 saturated heterocycles. The van der Waals surface area contributed by atoms with Crippen LogP contribution >= 0.6 is 11.6 Å². The molecule has 0 aliphatic carbocycles. The van der Waals surface area contributed by atoms with Gasteiger partial charge in [0.05, 0.1) is 25.2 Å². The predicted octanol–water partition coefficient (Wildman–Crippen LogP) is 0.789. The van der Waals surface area contributed by atoms with E-state index >= 15 is 0 Å². The number of ether oxygens (including phenoxy) is 1. The van der Waals surface area contributed by atoms with Gasteiger partial charge in [0.15, 0.2) is 0 Å². The van der Waals surface area contributed by atoms with Crippen LogP contribution in [-0.2, 0) is 4.74 Å². The molecule has 3 heteroatoms. The van der Waals surface area contributed by atoms with Crippen molar-refractivity contribution in [2.45, 2.75) is 5.38 Å². The Morgan fingerprint density at radius 3 is 2.89 bits per heavy atom. The van der Waals surface area contributed by atoms with Crippen molar-refractivity contribution in [2.24, 2.45) is 0 Å². The molecule has 0 saturated carbocycles. The number of halogens is 1. The third-order valence-corrected chi connectivity index (χ3v) is 0.997. The first-order valence-electron chi connectivity index (χ1n) is 2.74. The maximum absolute atomic E-state index is 8.40. The Bertz CT molecular complexity index is 75.5. The molecule has 54 valence electrons. The fourth-order valence-electron chi connectivity index (χ4n) is 0.332. The molecule has 0 radical (unpaired) electrons. The molecule has 0 aliphatic heterocycles. The molecule has 9 heavy (non-hydrogen) atoms. The van der Waals surface area contributed by atoms with E-state index in [1.165, 1.54) is 0 Å². The third kappa shape index (κ3) is 5.83. The first kappa shape index (κ1) is 8.95. The Hall–Kier alpha value is -0.0500. The van der Waals surface area contributed by atoms with E-state index in [-0.39, 0.29) is 12.0 Å². The lowest BCUT2D eigenvalue weighted by Gasteiger charge is -2.03. The molecule has 1 unspecified atom stereocenters. The minimum absolute atomic E-state index is 0.0430. The molecular weight excluding hydrogens is 140 g/mol. The highest BCUT2D eigenvalue weighted by Gasteiger charge is 1.99. The fraction of sp³-hybridized carbons (Fsp3) is 0.667. The molecule has 0 heterocycles. The van der Waals surface area contributed by atoms with Gasteiger partial charge in [-0.25, -0.2) is 0 Å². The van der Waals surface area contributed by atoms with E-state index < -0.39 is 0 Å². The Kier molecular flexibility index (Phi) is 6.04. The van der Waals surface area contributed by atoms with Crippen molar-refractivity contribution < 1.29 is 9.84 Å². The number of alkyl halides is 1. The van der Waals surface area contributed by atoms with Crippen LogP contribution in [0.3, 0.4) is 0 Å². The van der Waals surface area contributed by atoms with Gasteiger partial charge in [-0.05, 0) is 0 Å². The van der Waals surface area contributed by atoms with Crippen molar-refractivity contribution in [1.29, 1.82) is 0 Å². The van der Waals surface area contributed by atoms with Crippen molar-refractivity contribution in [2.75, 3.05) is 19.8 Å². The minimum Gasteiger partial charge on any atom is -0.395 e. The lowest BCUT2D eigenvalue weighted by atomic mass is 10.5. The lowest BCUT2D eigenvalue weighted by Crippen LogP contribution is -2.13. The van der Waals surface area contributed by atoms with Crippen LogP contribution in [0.1, 0.15) is 0 Å². The highest BCUT2D eigenvalue weighted by Crippen LogP contribution is 1.93. The molecule has 0 aliphatic rings. The van der Waals surface area contributed by atoms with Gasteiger partial charge in [-0.15, -0.1) is 18.2 Å². The van der Waals surface area contributed by atoms with Gasteiger partial charge < -0.3 is 9.84 Å². The van der Waals surface area contributed by atoms with Crippen LogP contribution in [0.15, 0.2) is 12.7 Å². The van der Waals surface area contributed by atoms with Gasteiger partial charge in [0.1, 0.15) is 0 Å². The molecule has 0 spiro atoms. The van der Waals surface area contributed by atoms with Gasteiger partial charge in [0, 0.05) is 0 Å². The number of hydrogen-bond acceptors (Lipinski definition) is 2. The molecule has 1 N–H and O–H groups in total. The van der Waals surface area contributed by atoms with E-state index in [0.29, 0.717) is 13.2 Å². The molecular formula is C6H11ClO2. The summed E-state index contributed by atoms with van der Waals surface area (Å²) < 4.78 is 4.93. The van der Waals surface area contributed by atoms with Crippen molar-refractivity contribution in [3.05, 3.63) is 12.7 Å². The van der Waals surface area contributed by atoms with Crippen LogP contribution in [0.4, 0.5) is 0 Å². The molecule has 0 amide bonds. The zero-order valence-electron chi connectivity index (χ0n) is 5.22. The first-order valence-corrected chi connectivity index (χ1v) is 3.18. The summed E-state index contributed by atoms with van der Waals surface area (Å²) in [5.74, 6) is 0. The van der Waals surface area contributed by atoms with Gasteiger partial charge in [0.2, 0.25) is 0 Å². The van der Waals surface area contributed by atoms with Crippen molar-refractivity contribution >= 4 is 11.6 Å². The Balaban J connectivity index is 2.96. The van der Waals surface area contributed by atoms with Gasteiger partial charge in [-0.3, -0.25) is 0 Å². The monoisotopic (exact) mass is 150 g/mol. The highest BCUT2D eigenvalue weighted by molar-refractivity contribution is 6.20. The standard InChI is InChI=1S/C6H11ClO2/c1-2-3-9-5-6(7)4-8/h2,6,8H,1,3-5H2. The van der Waals surface area contributed by atoms with Gasteiger partial charge in [-0.2, -0.15) is 0 Å². The van der Waals surface area contributed by atoms with Crippen molar-refractivity contribution in [3.8, 4) is 0 Å². The zero-order valence-corrected chi connectivity index (χ0v) is 5.97. The summed E-state index contributed by atoms with van der Waals surface area (Å²) in [4.78, 5) is 0. The van der Waals surface area contributed by atoms with Crippen LogP contribution in [0, 0.1) is 0 Å². The zero-order chi connectivity index (χ0) is 7.11. The van der Waals surface area contributed by atoms with E-state index in [2.05, 4.69) is 6.58 Å². The van der Waals surface area contributed by atoms with Crippen LogP contribution in [0.2, 0.25) is 0 Å². The van der Waals surface area contributed by atoms with Crippen LogP contribution in [-0.4, -0.2) is 30.3 Å². The average Bonchev–Trinajstić information content (AvgIpc) is 1.89. The van der Waals surface area contributed by atoms with Gasteiger partial charge in [0.25, 0.3) is 0 Å². The van der Waals surface area contributed by atoms with Crippen molar-refractivity contribution in [3.63, 3.8) is 0 Å². The molecule has 0 aromatic heterocycles. The van der Waals surface area contributed by atoms with Crippen LogP contribution < -0.4 is 0 Å². The minimum atomic E-state index is -0.287. The Morgan fingerprint density at radius 1 is 1.78 bits per heavy atom. The molecule has 0 aromatic rings. The third-order valence-electron chi connectivity index (χ3n) is 0.733. The number of aliphatic hydroxyl groups excluding tert-OH is 1.